The molecule has 0 saturated carbocycles. The Labute approximate surface area is 177 Å². The summed E-state index contributed by atoms with van der Waals surface area (Å²) in [5.41, 5.74) is 1.82. The first-order valence-corrected chi connectivity index (χ1v) is 10.7. The third-order valence-corrected chi connectivity index (χ3v) is 4.79. The van der Waals surface area contributed by atoms with Gasteiger partial charge in [0.1, 0.15) is 12.3 Å². The van der Waals surface area contributed by atoms with Gasteiger partial charge >= 0.3 is 0 Å². The van der Waals surface area contributed by atoms with E-state index in [4.69, 9.17) is 4.74 Å². The molecule has 1 aromatic carbocycles. The number of benzene rings is 1. The SMILES string of the molecule is Cc1ccsc1CNC(=NCC(=O)NC(C)(C)C)Nc1ccc(OC(C)C)cc1. The van der Waals surface area contributed by atoms with Crippen LogP contribution in [0.25, 0.3) is 0 Å². The maximum atomic E-state index is 12.2. The summed E-state index contributed by atoms with van der Waals surface area (Å²) in [6, 6.07) is 9.78. The molecule has 0 spiro atoms. The molecule has 0 atom stereocenters. The van der Waals surface area contributed by atoms with Crippen LogP contribution in [0.4, 0.5) is 5.69 Å². The van der Waals surface area contributed by atoms with Gasteiger partial charge < -0.3 is 20.7 Å². The molecule has 0 saturated heterocycles. The highest BCUT2D eigenvalue weighted by Gasteiger charge is 2.13. The van der Waals surface area contributed by atoms with Crippen molar-refractivity contribution >= 4 is 28.9 Å². The molecule has 2 rings (SSSR count). The van der Waals surface area contributed by atoms with Gasteiger partial charge in [0, 0.05) is 16.1 Å². The average molecular weight is 417 g/mol. The third kappa shape index (κ3) is 8.56. The second-order valence-electron chi connectivity index (χ2n) is 8.16. The highest BCUT2D eigenvalue weighted by atomic mass is 32.1. The number of ether oxygens (including phenoxy) is 1. The Kier molecular flexibility index (Phi) is 8.08. The van der Waals surface area contributed by atoms with Gasteiger partial charge in [0.25, 0.3) is 0 Å². The molecule has 158 valence electrons. The number of guanidine groups is 1. The van der Waals surface area contributed by atoms with E-state index in [0.29, 0.717) is 12.5 Å². The molecule has 0 aliphatic heterocycles. The van der Waals surface area contributed by atoms with Crippen LogP contribution in [0.3, 0.4) is 0 Å². The Morgan fingerprint density at radius 3 is 2.41 bits per heavy atom. The topological polar surface area (TPSA) is 74.8 Å². The molecule has 0 radical (unpaired) electrons. The lowest BCUT2D eigenvalue weighted by atomic mass is 10.1. The van der Waals surface area contributed by atoms with Crippen molar-refractivity contribution in [3.8, 4) is 5.75 Å². The van der Waals surface area contributed by atoms with Crippen molar-refractivity contribution in [2.45, 2.75) is 59.7 Å². The number of thiophene rings is 1. The molecular formula is C22H32N4O2S. The predicted molar refractivity (Wildman–Crippen MR) is 122 cm³/mol. The van der Waals surface area contributed by atoms with Gasteiger partial charge in [0.05, 0.1) is 12.6 Å². The molecule has 0 bridgehead atoms. The smallest absolute Gasteiger partial charge is 0.242 e. The highest BCUT2D eigenvalue weighted by molar-refractivity contribution is 7.10. The molecule has 1 heterocycles. The lowest BCUT2D eigenvalue weighted by Gasteiger charge is -2.20. The number of aliphatic imine (C=N–C) groups is 1. The number of amides is 1. The van der Waals surface area contributed by atoms with E-state index in [0.717, 1.165) is 11.4 Å². The molecule has 0 unspecified atom stereocenters. The molecule has 0 aliphatic carbocycles. The number of nitrogens with zero attached hydrogens (tertiary/aromatic N) is 1. The Bertz CT molecular complexity index is 820. The molecule has 0 fully saturated rings. The molecule has 7 heteroatoms. The fraction of sp³-hybridized carbons (Fsp3) is 0.455. The van der Waals surface area contributed by atoms with Crippen LogP contribution in [0, 0.1) is 6.92 Å². The number of carbonyl (C=O) groups is 1. The van der Waals surface area contributed by atoms with E-state index in [-0.39, 0.29) is 24.1 Å². The molecule has 2 aromatic rings. The van der Waals surface area contributed by atoms with E-state index >= 15 is 0 Å². The van der Waals surface area contributed by atoms with Crippen molar-refractivity contribution in [3.05, 3.63) is 46.2 Å². The maximum Gasteiger partial charge on any atom is 0.242 e. The number of anilines is 1. The van der Waals surface area contributed by atoms with Gasteiger partial charge in [-0.1, -0.05) is 0 Å². The van der Waals surface area contributed by atoms with E-state index < -0.39 is 0 Å². The van der Waals surface area contributed by atoms with Gasteiger partial charge in [0.15, 0.2) is 5.96 Å². The van der Waals surface area contributed by atoms with Crippen molar-refractivity contribution in [2.24, 2.45) is 4.99 Å². The minimum atomic E-state index is -0.284. The lowest BCUT2D eigenvalue weighted by molar-refractivity contribution is -0.121. The standard InChI is InChI=1S/C22H32N4O2S/c1-15(2)28-18-9-7-17(8-10-18)25-21(23-13-19-16(3)11-12-29-19)24-14-20(27)26-22(4,5)6/h7-12,15H,13-14H2,1-6H3,(H,26,27)(H2,23,24,25). The van der Waals surface area contributed by atoms with Crippen molar-refractivity contribution < 1.29 is 9.53 Å². The number of hydrogen-bond donors (Lipinski definition) is 3. The first-order chi connectivity index (χ1) is 13.6. The highest BCUT2D eigenvalue weighted by Crippen LogP contribution is 2.17. The zero-order chi connectivity index (χ0) is 21.4. The zero-order valence-electron chi connectivity index (χ0n) is 18.1. The summed E-state index contributed by atoms with van der Waals surface area (Å²) in [4.78, 5) is 17.9. The third-order valence-electron chi connectivity index (χ3n) is 3.77. The van der Waals surface area contributed by atoms with Crippen LogP contribution in [-0.2, 0) is 11.3 Å². The summed E-state index contributed by atoms with van der Waals surface area (Å²) in [6.45, 7) is 12.6. The quantitative estimate of drug-likeness (QED) is 0.464. The first-order valence-electron chi connectivity index (χ1n) is 9.78. The van der Waals surface area contributed by atoms with Gasteiger partial charge in [-0.2, -0.15) is 0 Å². The summed E-state index contributed by atoms with van der Waals surface area (Å²) in [5, 5.41) is 11.6. The molecular weight excluding hydrogens is 384 g/mol. The second-order valence-corrected chi connectivity index (χ2v) is 9.16. The van der Waals surface area contributed by atoms with Gasteiger partial charge in [-0.15, -0.1) is 11.3 Å². The van der Waals surface area contributed by atoms with Crippen molar-refractivity contribution in [1.82, 2.24) is 10.6 Å². The van der Waals surface area contributed by atoms with E-state index in [2.05, 4.69) is 39.3 Å². The summed E-state index contributed by atoms with van der Waals surface area (Å²) in [6.07, 6.45) is 0.128. The van der Waals surface area contributed by atoms with E-state index in [9.17, 15) is 4.79 Å². The summed E-state index contributed by atoms with van der Waals surface area (Å²) < 4.78 is 5.68. The Hall–Kier alpha value is -2.54. The van der Waals surface area contributed by atoms with E-state index in [1.165, 1.54) is 10.4 Å². The van der Waals surface area contributed by atoms with Gasteiger partial charge in [-0.05, 0) is 82.8 Å². The second kappa shape index (κ2) is 10.3. The van der Waals surface area contributed by atoms with E-state index in [1.807, 2.05) is 58.9 Å². The normalized spacial score (nSPS) is 12.0. The molecule has 6 nitrogen and oxygen atoms in total. The monoisotopic (exact) mass is 416 g/mol. The average Bonchev–Trinajstić information content (AvgIpc) is 3.02. The number of aryl methyl sites for hydroxylation is 1. The van der Waals surface area contributed by atoms with Crippen LogP contribution in [0.15, 0.2) is 40.7 Å². The molecule has 0 aliphatic rings. The maximum absolute atomic E-state index is 12.2. The van der Waals surface area contributed by atoms with Crippen LogP contribution in [0.5, 0.6) is 5.75 Å². The Morgan fingerprint density at radius 1 is 1.17 bits per heavy atom. The predicted octanol–water partition coefficient (Wildman–Crippen LogP) is 4.32. The number of hydrogen-bond acceptors (Lipinski definition) is 4. The van der Waals surface area contributed by atoms with Crippen LogP contribution in [0.1, 0.15) is 45.1 Å². The first kappa shape index (κ1) is 22.7. The minimum Gasteiger partial charge on any atom is -0.491 e. The fourth-order valence-corrected chi connectivity index (χ4v) is 3.37. The molecule has 29 heavy (non-hydrogen) atoms. The molecule has 1 aromatic heterocycles. The molecule has 1 amide bonds. The van der Waals surface area contributed by atoms with Crippen LogP contribution < -0.4 is 20.7 Å². The van der Waals surface area contributed by atoms with Gasteiger partial charge in [-0.25, -0.2) is 4.99 Å². The van der Waals surface area contributed by atoms with Crippen LogP contribution in [-0.4, -0.2) is 30.1 Å². The van der Waals surface area contributed by atoms with Gasteiger partial charge in [0.2, 0.25) is 5.91 Å². The number of rotatable bonds is 7. The van der Waals surface area contributed by atoms with E-state index in [1.54, 1.807) is 11.3 Å². The summed E-state index contributed by atoms with van der Waals surface area (Å²) in [7, 11) is 0. The fourth-order valence-electron chi connectivity index (χ4n) is 2.52. The lowest BCUT2D eigenvalue weighted by Crippen LogP contribution is -2.42. The molecule has 3 N–H and O–H groups in total. The largest absolute Gasteiger partial charge is 0.491 e. The Morgan fingerprint density at radius 2 is 1.86 bits per heavy atom. The van der Waals surface area contributed by atoms with Crippen molar-refractivity contribution in [1.29, 1.82) is 0 Å². The Balaban J connectivity index is 2.07. The van der Waals surface area contributed by atoms with Crippen LogP contribution in [0.2, 0.25) is 0 Å². The van der Waals surface area contributed by atoms with Crippen molar-refractivity contribution in [2.75, 3.05) is 11.9 Å². The van der Waals surface area contributed by atoms with Crippen molar-refractivity contribution in [3.63, 3.8) is 0 Å². The number of carbonyl (C=O) groups excluding carboxylic acids is 1. The minimum absolute atomic E-state index is 0.0462. The summed E-state index contributed by atoms with van der Waals surface area (Å²) in [5.74, 6) is 1.25. The van der Waals surface area contributed by atoms with Crippen LogP contribution >= 0.6 is 11.3 Å². The number of nitrogens with one attached hydrogen (secondary N) is 3. The van der Waals surface area contributed by atoms with Gasteiger partial charge in [-0.3, -0.25) is 4.79 Å². The zero-order valence-corrected chi connectivity index (χ0v) is 18.9. The summed E-state index contributed by atoms with van der Waals surface area (Å²) >= 11 is 1.70.